The number of aromatic nitrogens is 6. The van der Waals surface area contributed by atoms with E-state index in [9.17, 15) is 0 Å². The van der Waals surface area contributed by atoms with E-state index in [0.29, 0.717) is 18.1 Å². The number of ether oxygens (including phenoxy) is 1. The maximum absolute atomic E-state index is 5.74. The van der Waals surface area contributed by atoms with E-state index in [2.05, 4.69) is 49.6 Å². The number of morpholine rings is 1. The average Bonchev–Trinajstić information content (AvgIpc) is 3.32. The predicted molar refractivity (Wildman–Crippen MR) is 154 cm³/mol. The molecule has 3 aliphatic rings. The van der Waals surface area contributed by atoms with Crippen LogP contribution in [0.5, 0.6) is 0 Å². The van der Waals surface area contributed by atoms with Gasteiger partial charge in [-0.15, -0.1) is 0 Å². The summed E-state index contributed by atoms with van der Waals surface area (Å²) in [5.74, 6) is 0. The molecule has 8 nitrogen and oxygen atoms in total. The smallest absolute Gasteiger partial charge is 0.155 e. The number of benzene rings is 1. The van der Waals surface area contributed by atoms with E-state index in [1.807, 2.05) is 37.5 Å². The van der Waals surface area contributed by atoms with Crippen molar-refractivity contribution in [1.29, 1.82) is 0 Å². The highest BCUT2D eigenvalue weighted by molar-refractivity contribution is 5.92. The largest absolute Gasteiger partial charge is 0.378 e. The van der Waals surface area contributed by atoms with Gasteiger partial charge in [-0.3, -0.25) is 15.0 Å². The molecule has 1 aliphatic carbocycles. The Morgan fingerprint density at radius 3 is 2.45 bits per heavy atom. The molecule has 8 heteroatoms. The van der Waals surface area contributed by atoms with Crippen LogP contribution >= 0.6 is 0 Å². The van der Waals surface area contributed by atoms with Crippen LogP contribution in [0.4, 0.5) is 0 Å². The van der Waals surface area contributed by atoms with Gasteiger partial charge in [0.25, 0.3) is 0 Å². The van der Waals surface area contributed by atoms with E-state index in [-0.39, 0.29) is 0 Å². The number of aryl methyl sites for hydroxylation is 3. The van der Waals surface area contributed by atoms with Gasteiger partial charge in [0.2, 0.25) is 0 Å². The summed E-state index contributed by atoms with van der Waals surface area (Å²) in [6.45, 7) is 3.85. The molecule has 200 valence electrons. The summed E-state index contributed by atoms with van der Waals surface area (Å²) in [4.78, 5) is 12.2. The second-order valence-electron chi connectivity index (χ2n) is 11.4. The molecule has 2 unspecified atom stereocenters. The fourth-order valence-corrected chi connectivity index (χ4v) is 6.94. The first kappa shape index (κ1) is 23.8. The molecule has 2 bridgehead atoms. The summed E-state index contributed by atoms with van der Waals surface area (Å²) >= 11 is 0. The number of hydrogen-bond acceptors (Lipinski definition) is 7. The van der Waals surface area contributed by atoms with Crippen LogP contribution in [-0.4, -0.2) is 66.6 Å². The van der Waals surface area contributed by atoms with E-state index >= 15 is 0 Å². The number of aromatic amines is 1. The highest BCUT2D eigenvalue weighted by Crippen LogP contribution is 2.38. The molecule has 0 saturated carbocycles. The van der Waals surface area contributed by atoms with E-state index in [0.717, 1.165) is 70.9 Å². The van der Waals surface area contributed by atoms with E-state index in [4.69, 9.17) is 14.7 Å². The summed E-state index contributed by atoms with van der Waals surface area (Å²) in [5, 5.41) is 16.9. The number of H-pyrrole nitrogens is 1. The van der Waals surface area contributed by atoms with E-state index < -0.39 is 0 Å². The standard InChI is InChI=1S/C32H31N7O/c1-19-10-11-35-36-30(19)23-6-9-29(33-15-23)31-28-13-24(16-34-32(28)38-37-31)22-3-2-20-4-7-25(8-5-21(20)12-22)39-26-14-27(39)18-40-17-26/h2-3,6,9-13,15-16,25-27H,4-5,7-8,14,17-18H2,1H3,(H,34,37,38)/t25-,26?,27?/m0/s1. The van der Waals surface area contributed by atoms with Gasteiger partial charge in [-0.05, 0) is 85.5 Å². The Morgan fingerprint density at radius 2 is 1.65 bits per heavy atom. The van der Waals surface area contributed by atoms with Crippen molar-refractivity contribution in [3.05, 3.63) is 77.7 Å². The molecule has 8 rings (SSSR count). The topological polar surface area (TPSA) is 92.7 Å². The molecule has 2 aliphatic heterocycles. The zero-order chi connectivity index (χ0) is 26.6. The molecule has 2 saturated heterocycles. The normalized spacial score (nSPS) is 22.5. The first-order valence-electron chi connectivity index (χ1n) is 14.3. The van der Waals surface area contributed by atoms with Crippen LogP contribution in [0.1, 0.15) is 36.0 Å². The monoisotopic (exact) mass is 529 g/mol. The summed E-state index contributed by atoms with van der Waals surface area (Å²) in [7, 11) is 0. The van der Waals surface area contributed by atoms with Crippen LogP contribution in [0, 0.1) is 6.92 Å². The Labute approximate surface area is 232 Å². The Balaban J connectivity index is 1.06. The zero-order valence-corrected chi connectivity index (χ0v) is 22.5. The average molecular weight is 530 g/mol. The Kier molecular flexibility index (Phi) is 5.70. The van der Waals surface area contributed by atoms with Gasteiger partial charge in [-0.25, -0.2) is 4.98 Å². The van der Waals surface area contributed by atoms with Crippen molar-refractivity contribution in [2.45, 2.75) is 57.2 Å². The molecule has 5 aromatic rings. The lowest BCUT2D eigenvalue weighted by atomic mass is 9.87. The number of hydrogen-bond donors (Lipinski definition) is 1. The van der Waals surface area contributed by atoms with Crippen molar-refractivity contribution in [1.82, 2.24) is 35.3 Å². The minimum atomic E-state index is 0.643. The number of pyridine rings is 2. The van der Waals surface area contributed by atoms with Gasteiger partial charge in [0.05, 0.1) is 24.6 Å². The molecule has 40 heavy (non-hydrogen) atoms. The quantitative estimate of drug-likeness (QED) is 0.321. The molecule has 0 spiro atoms. The number of rotatable bonds is 4. The minimum Gasteiger partial charge on any atom is -0.378 e. The fourth-order valence-electron chi connectivity index (χ4n) is 6.94. The third kappa shape index (κ3) is 4.01. The van der Waals surface area contributed by atoms with Gasteiger partial charge in [0.1, 0.15) is 5.69 Å². The third-order valence-electron chi connectivity index (χ3n) is 9.08. The maximum Gasteiger partial charge on any atom is 0.155 e. The molecular weight excluding hydrogens is 498 g/mol. The van der Waals surface area contributed by atoms with Crippen LogP contribution in [0.25, 0.3) is 44.8 Å². The van der Waals surface area contributed by atoms with Crippen molar-refractivity contribution in [3.63, 3.8) is 0 Å². The molecule has 1 N–H and O–H groups in total. The molecule has 0 amide bonds. The third-order valence-corrected chi connectivity index (χ3v) is 9.08. The summed E-state index contributed by atoms with van der Waals surface area (Å²) in [6, 6.07) is 17.1. The van der Waals surface area contributed by atoms with Crippen LogP contribution in [-0.2, 0) is 17.6 Å². The molecule has 2 fully saturated rings. The first-order valence-corrected chi connectivity index (χ1v) is 14.3. The van der Waals surface area contributed by atoms with Gasteiger partial charge in [-0.2, -0.15) is 15.3 Å². The lowest BCUT2D eigenvalue weighted by Crippen LogP contribution is -2.66. The maximum atomic E-state index is 5.74. The SMILES string of the molecule is Cc1ccnnc1-c1ccc(-c2n[nH]c3ncc(-c4ccc5c(c4)CC[C@@H](N4C6COCC4C6)CC5)cc23)nc1. The number of nitrogens with zero attached hydrogens (tertiary/aromatic N) is 6. The van der Waals surface area contributed by atoms with Crippen LogP contribution in [0.2, 0.25) is 0 Å². The van der Waals surface area contributed by atoms with Gasteiger partial charge < -0.3 is 4.74 Å². The second kappa shape index (κ2) is 9.57. The number of nitrogens with one attached hydrogen (secondary N) is 1. The predicted octanol–water partition coefficient (Wildman–Crippen LogP) is 5.17. The lowest BCUT2D eigenvalue weighted by Gasteiger charge is -2.56. The highest BCUT2D eigenvalue weighted by atomic mass is 16.5. The Hall–Kier alpha value is -4.01. The van der Waals surface area contributed by atoms with Gasteiger partial charge >= 0.3 is 0 Å². The summed E-state index contributed by atoms with van der Waals surface area (Å²) < 4.78 is 5.74. The van der Waals surface area contributed by atoms with Crippen LogP contribution < -0.4 is 0 Å². The molecule has 4 aromatic heterocycles. The lowest BCUT2D eigenvalue weighted by molar-refractivity contribution is -0.148. The zero-order valence-electron chi connectivity index (χ0n) is 22.5. The number of fused-ring (bicyclic) bond motifs is 4. The Morgan fingerprint density at radius 1 is 0.825 bits per heavy atom. The second-order valence-corrected chi connectivity index (χ2v) is 11.4. The van der Waals surface area contributed by atoms with E-state index in [1.54, 1.807) is 6.20 Å². The van der Waals surface area contributed by atoms with Crippen LogP contribution in [0.15, 0.2) is 61.1 Å². The molecule has 3 atom stereocenters. The minimum absolute atomic E-state index is 0.643. The van der Waals surface area contributed by atoms with Crippen molar-refractivity contribution < 1.29 is 4.74 Å². The van der Waals surface area contributed by atoms with Gasteiger partial charge in [0.15, 0.2) is 5.65 Å². The van der Waals surface area contributed by atoms with Crippen molar-refractivity contribution in [3.8, 4) is 33.8 Å². The van der Waals surface area contributed by atoms with Crippen LogP contribution in [0.3, 0.4) is 0 Å². The molecule has 0 radical (unpaired) electrons. The van der Waals surface area contributed by atoms with Gasteiger partial charge in [-0.1, -0.05) is 18.2 Å². The van der Waals surface area contributed by atoms with Crippen molar-refractivity contribution in [2.75, 3.05) is 13.2 Å². The molecule has 6 heterocycles. The summed E-state index contributed by atoms with van der Waals surface area (Å²) in [6.07, 6.45) is 11.5. The molecule has 1 aromatic carbocycles. The Bertz CT molecular complexity index is 1700. The van der Waals surface area contributed by atoms with E-state index in [1.165, 1.54) is 36.0 Å². The highest BCUT2D eigenvalue weighted by Gasteiger charge is 2.45. The van der Waals surface area contributed by atoms with Crippen molar-refractivity contribution in [2.24, 2.45) is 0 Å². The molecular formula is C32H31N7O. The fraction of sp³-hybridized carbons (Fsp3) is 0.344. The first-order chi connectivity index (χ1) is 19.7. The van der Waals surface area contributed by atoms with Crippen molar-refractivity contribution >= 4 is 11.0 Å². The summed E-state index contributed by atoms with van der Waals surface area (Å²) in [5.41, 5.74) is 10.5. The van der Waals surface area contributed by atoms with Gasteiger partial charge in [0, 0.05) is 53.2 Å².